The Hall–Kier alpha value is -0.560. The van der Waals surface area contributed by atoms with Gasteiger partial charge in [0.25, 0.3) is 0 Å². The van der Waals surface area contributed by atoms with Gasteiger partial charge in [-0.05, 0) is 56.5 Å². The monoisotopic (exact) mass is 424 g/mol. The lowest BCUT2D eigenvalue weighted by atomic mass is 9.94. The van der Waals surface area contributed by atoms with E-state index in [1.807, 2.05) is 18.7 Å². The second-order valence-electron chi connectivity index (χ2n) is 8.32. The molecule has 2 aliphatic rings. The highest BCUT2D eigenvalue weighted by atomic mass is 35.5. The van der Waals surface area contributed by atoms with Crippen LogP contribution in [0.1, 0.15) is 46.5 Å². The van der Waals surface area contributed by atoms with Crippen LogP contribution in [-0.4, -0.2) is 66.9 Å². The van der Waals surface area contributed by atoms with Gasteiger partial charge in [0.2, 0.25) is 11.8 Å². The fraction of sp³-hybridized carbons (Fsp3) is 0.895. The van der Waals surface area contributed by atoms with Crippen molar-refractivity contribution in [1.29, 1.82) is 0 Å². The first kappa shape index (κ1) is 26.4. The van der Waals surface area contributed by atoms with Gasteiger partial charge in [-0.3, -0.25) is 9.59 Å². The highest BCUT2D eigenvalue weighted by molar-refractivity contribution is 5.87. The van der Waals surface area contributed by atoms with E-state index in [0.717, 1.165) is 32.0 Å². The number of hydrogen-bond donors (Lipinski definition) is 2. The normalized spacial score (nSPS) is 22.6. The van der Waals surface area contributed by atoms with Crippen molar-refractivity contribution in [2.75, 3.05) is 39.3 Å². The van der Waals surface area contributed by atoms with Crippen molar-refractivity contribution < 1.29 is 9.59 Å². The molecule has 2 heterocycles. The molecule has 2 fully saturated rings. The largest absolute Gasteiger partial charge is 0.346 e. The third-order valence-corrected chi connectivity index (χ3v) is 5.70. The molecule has 0 aromatic rings. The summed E-state index contributed by atoms with van der Waals surface area (Å²) in [7, 11) is 0. The third-order valence-electron chi connectivity index (χ3n) is 5.70. The first-order chi connectivity index (χ1) is 11.9. The van der Waals surface area contributed by atoms with Crippen LogP contribution in [-0.2, 0) is 9.59 Å². The molecule has 160 valence electrons. The molecule has 1 unspecified atom stereocenters. The Labute approximate surface area is 176 Å². The van der Waals surface area contributed by atoms with Crippen molar-refractivity contribution in [2.24, 2.45) is 23.5 Å². The third kappa shape index (κ3) is 8.55. The number of likely N-dealkylation sites (tertiary alicyclic amines) is 2. The number of nitrogens with two attached hydrogens (primary N) is 1. The summed E-state index contributed by atoms with van der Waals surface area (Å²) in [4.78, 5) is 28.8. The van der Waals surface area contributed by atoms with Crippen molar-refractivity contribution >= 4 is 36.6 Å². The van der Waals surface area contributed by atoms with Gasteiger partial charge in [0, 0.05) is 19.6 Å². The van der Waals surface area contributed by atoms with Gasteiger partial charge in [-0.2, -0.15) is 0 Å². The molecule has 0 spiro atoms. The number of amides is 2. The Morgan fingerprint density at radius 2 is 1.74 bits per heavy atom. The summed E-state index contributed by atoms with van der Waals surface area (Å²) >= 11 is 0. The van der Waals surface area contributed by atoms with Gasteiger partial charge in [-0.25, -0.2) is 0 Å². The van der Waals surface area contributed by atoms with Crippen molar-refractivity contribution in [2.45, 2.75) is 52.5 Å². The molecule has 0 aromatic carbocycles. The molecule has 8 heteroatoms. The average Bonchev–Trinajstić information content (AvgIpc) is 2.60. The molecule has 0 radical (unpaired) electrons. The van der Waals surface area contributed by atoms with E-state index in [9.17, 15) is 9.59 Å². The summed E-state index contributed by atoms with van der Waals surface area (Å²) in [5.41, 5.74) is 5.82. The van der Waals surface area contributed by atoms with Crippen molar-refractivity contribution in [1.82, 2.24) is 15.1 Å². The number of rotatable bonds is 6. The summed E-state index contributed by atoms with van der Waals surface area (Å²) in [6.07, 6.45) is 4.83. The van der Waals surface area contributed by atoms with Crippen LogP contribution in [0.2, 0.25) is 0 Å². The van der Waals surface area contributed by atoms with Gasteiger partial charge in [0.15, 0.2) is 0 Å². The van der Waals surface area contributed by atoms with E-state index in [2.05, 4.69) is 17.1 Å². The molecule has 0 bridgehead atoms. The lowest BCUT2D eigenvalue weighted by Gasteiger charge is -2.38. The second kappa shape index (κ2) is 12.8. The van der Waals surface area contributed by atoms with E-state index in [1.54, 1.807) is 0 Å². The van der Waals surface area contributed by atoms with E-state index in [4.69, 9.17) is 5.73 Å². The van der Waals surface area contributed by atoms with Crippen LogP contribution in [0.3, 0.4) is 0 Å². The van der Waals surface area contributed by atoms with Crippen LogP contribution in [0.4, 0.5) is 0 Å². The quantitative estimate of drug-likeness (QED) is 0.682. The topological polar surface area (TPSA) is 78.7 Å². The smallest absolute Gasteiger partial charge is 0.241 e. The standard InChI is InChI=1S/C19H36N4O2.2ClH/c1-14(2)18(20)19(25)21-11-17(24)23-8-4-5-16(13-23)12-22-9-6-15(3)7-10-22;;/h14-16,18H,4-13,20H2,1-3H3,(H,21,25);2*1H/t16?,18-;;/m0../s1. The summed E-state index contributed by atoms with van der Waals surface area (Å²) in [5, 5.41) is 2.70. The van der Waals surface area contributed by atoms with Gasteiger partial charge in [0.1, 0.15) is 0 Å². The second-order valence-corrected chi connectivity index (χ2v) is 8.32. The summed E-state index contributed by atoms with van der Waals surface area (Å²) in [6, 6.07) is -0.552. The van der Waals surface area contributed by atoms with Crippen LogP contribution in [0.25, 0.3) is 0 Å². The van der Waals surface area contributed by atoms with Gasteiger partial charge in [-0.1, -0.05) is 20.8 Å². The van der Waals surface area contributed by atoms with Crippen molar-refractivity contribution in [3.63, 3.8) is 0 Å². The molecule has 2 amide bonds. The fourth-order valence-corrected chi connectivity index (χ4v) is 3.75. The number of piperidine rings is 2. The van der Waals surface area contributed by atoms with Crippen molar-refractivity contribution in [3.8, 4) is 0 Å². The molecule has 2 rings (SSSR count). The molecule has 3 N–H and O–H groups in total. The van der Waals surface area contributed by atoms with E-state index < -0.39 is 6.04 Å². The lowest BCUT2D eigenvalue weighted by molar-refractivity contribution is -0.135. The average molecular weight is 425 g/mol. The first-order valence-electron chi connectivity index (χ1n) is 9.90. The number of nitrogens with one attached hydrogen (secondary N) is 1. The van der Waals surface area contributed by atoms with E-state index >= 15 is 0 Å². The minimum Gasteiger partial charge on any atom is -0.346 e. The number of halogens is 2. The molecule has 0 saturated carbocycles. The lowest BCUT2D eigenvalue weighted by Crippen LogP contribution is -2.50. The molecule has 6 nitrogen and oxygen atoms in total. The molecule has 27 heavy (non-hydrogen) atoms. The van der Waals surface area contributed by atoms with Crippen LogP contribution < -0.4 is 11.1 Å². The number of nitrogens with zero attached hydrogens (tertiary/aromatic N) is 2. The SMILES string of the molecule is CC1CCN(CC2CCCN(C(=O)CNC(=O)[C@@H](N)C(C)C)C2)CC1.Cl.Cl. The predicted octanol–water partition coefficient (Wildman–Crippen LogP) is 1.90. The van der Waals surface area contributed by atoms with Crippen LogP contribution in [0.15, 0.2) is 0 Å². The van der Waals surface area contributed by atoms with E-state index in [-0.39, 0.29) is 49.1 Å². The van der Waals surface area contributed by atoms with Crippen LogP contribution in [0.5, 0.6) is 0 Å². The molecule has 0 aromatic heterocycles. The zero-order chi connectivity index (χ0) is 18.4. The van der Waals surface area contributed by atoms with Gasteiger partial charge < -0.3 is 20.9 Å². The molecule has 0 aliphatic carbocycles. The zero-order valence-corrected chi connectivity index (χ0v) is 18.6. The van der Waals surface area contributed by atoms with Crippen LogP contribution >= 0.6 is 24.8 Å². The number of hydrogen-bond acceptors (Lipinski definition) is 4. The summed E-state index contributed by atoms with van der Waals surface area (Å²) < 4.78 is 0. The maximum Gasteiger partial charge on any atom is 0.241 e. The summed E-state index contributed by atoms with van der Waals surface area (Å²) in [5.74, 6) is 1.25. The van der Waals surface area contributed by atoms with E-state index in [1.165, 1.54) is 32.4 Å². The summed E-state index contributed by atoms with van der Waals surface area (Å²) in [6.45, 7) is 11.3. The van der Waals surface area contributed by atoms with Gasteiger partial charge in [-0.15, -0.1) is 24.8 Å². The van der Waals surface area contributed by atoms with Crippen LogP contribution in [0, 0.1) is 17.8 Å². The minimum atomic E-state index is -0.552. The van der Waals surface area contributed by atoms with Gasteiger partial charge in [0.05, 0.1) is 12.6 Å². The minimum absolute atomic E-state index is 0. The molecule has 2 atom stereocenters. The fourth-order valence-electron chi connectivity index (χ4n) is 3.75. The number of carbonyl (C=O) groups is 2. The van der Waals surface area contributed by atoms with E-state index in [0.29, 0.717) is 5.92 Å². The molecular weight excluding hydrogens is 387 g/mol. The Kier molecular flexibility index (Phi) is 12.5. The Balaban J connectivity index is 0.00000338. The number of carbonyl (C=O) groups excluding carboxylic acids is 2. The Morgan fingerprint density at radius 1 is 1.11 bits per heavy atom. The zero-order valence-electron chi connectivity index (χ0n) is 17.0. The van der Waals surface area contributed by atoms with Gasteiger partial charge >= 0.3 is 0 Å². The molecule has 2 aliphatic heterocycles. The first-order valence-corrected chi connectivity index (χ1v) is 9.90. The maximum absolute atomic E-state index is 12.4. The van der Waals surface area contributed by atoms with Crippen molar-refractivity contribution in [3.05, 3.63) is 0 Å². The Bertz CT molecular complexity index is 457. The predicted molar refractivity (Wildman–Crippen MR) is 114 cm³/mol. The highest BCUT2D eigenvalue weighted by Crippen LogP contribution is 2.21. The maximum atomic E-state index is 12.4. The Morgan fingerprint density at radius 3 is 2.33 bits per heavy atom. The molecule has 2 saturated heterocycles. The highest BCUT2D eigenvalue weighted by Gasteiger charge is 2.27. The molecular formula is C19H38Cl2N4O2.